The fourth-order valence-electron chi connectivity index (χ4n) is 2.86. The first-order chi connectivity index (χ1) is 14.8. The fourth-order valence-corrected chi connectivity index (χ4v) is 3.45. The Labute approximate surface area is 178 Å². The summed E-state index contributed by atoms with van der Waals surface area (Å²) in [6.45, 7) is -6.19. The Balaban J connectivity index is 2.04. The van der Waals surface area contributed by atoms with Gasteiger partial charge in [0.1, 0.15) is 0 Å². The zero-order valence-electron chi connectivity index (χ0n) is 15.8. The molecule has 0 aliphatic carbocycles. The third kappa shape index (κ3) is 6.32. The van der Waals surface area contributed by atoms with E-state index in [9.17, 15) is 22.4 Å². The molecule has 0 atom stereocenters. The Morgan fingerprint density at radius 2 is 1.74 bits per heavy atom. The summed E-state index contributed by atoms with van der Waals surface area (Å²) in [5, 5.41) is 9.06. The summed E-state index contributed by atoms with van der Waals surface area (Å²) in [7, 11) is 0. The van der Waals surface area contributed by atoms with Gasteiger partial charge in [0.15, 0.2) is 11.5 Å². The van der Waals surface area contributed by atoms with E-state index in [0.29, 0.717) is 16.9 Å². The van der Waals surface area contributed by atoms with Crippen LogP contribution in [0.25, 0.3) is 0 Å². The van der Waals surface area contributed by atoms with Crippen molar-refractivity contribution in [2.75, 3.05) is 4.90 Å². The summed E-state index contributed by atoms with van der Waals surface area (Å²) in [5.41, 5.74) is 3.07. The minimum Gasteiger partial charge on any atom is -0.481 e. The number of rotatable bonds is 10. The predicted molar refractivity (Wildman–Crippen MR) is 105 cm³/mol. The number of benzene rings is 2. The molecule has 0 fully saturated rings. The topological polar surface area (TPSA) is 71.9 Å². The molecule has 0 saturated carbocycles. The first-order valence-corrected chi connectivity index (χ1v) is 9.69. The molecule has 0 aliphatic heterocycles. The number of anilines is 2. The second-order valence-corrected chi connectivity index (χ2v) is 7.15. The third-order valence-electron chi connectivity index (χ3n) is 4.05. The number of hydrogen-bond acceptors (Lipinski definition) is 6. The van der Waals surface area contributed by atoms with Gasteiger partial charge in [-0.05, 0) is 29.8 Å². The Kier molecular flexibility index (Phi) is 7.29. The van der Waals surface area contributed by atoms with Crippen molar-refractivity contribution < 1.29 is 36.9 Å². The monoisotopic (exact) mass is 456 g/mol. The maximum absolute atomic E-state index is 12.8. The number of carboxylic acids is 1. The molecule has 0 saturated heterocycles. The number of aromatic nitrogens is 1. The normalized spacial score (nSPS) is 11.0. The van der Waals surface area contributed by atoms with Gasteiger partial charge in [-0.25, -0.2) is 0 Å². The molecule has 0 amide bonds. The smallest absolute Gasteiger partial charge is 0.387 e. The second-order valence-electron chi connectivity index (χ2n) is 6.18. The number of aliphatic carboxylic acids is 1. The van der Waals surface area contributed by atoms with Crippen LogP contribution >= 0.6 is 11.3 Å². The van der Waals surface area contributed by atoms with Gasteiger partial charge in [0.25, 0.3) is 0 Å². The zero-order chi connectivity index (χ0) is 22.4. The molecule has 164 valence electrons. The van der Waals surface area contributed by atoms with E-state index in [0.717, 1.165) is 17.0 Å². The number of nitrogens with zero attached hydrogens (tertiary/aromatic N) is 2. The molecule has 0 spiro atoms. The largest absolute Gasteiger partial charge is 0.481 e. The lowest BCUT2D eigenvalue weighted by Gasteiger charge is -2.26. The van der Waals surface area contributed by atoms with Crippen molar-refractivity contribution in [2.45, 2.75) is 26.2 Å². The SMILES string of the molecule is O=C(O)Cc1cccc(N(Cc2cncs2)c2ccc(OC(F)F)c(OC(F)F)c2)c1. The Hall–Kier alpha value is -3.34. The predicted octanol–water partition coefficient (Wildman–Crippen LogP) is 5.31. The second kappa shape index (κ2) is 10.1. The lowest BCUT2D eigenvalue weighted by molar-refractivity contribution is -0.136. The molecule has 3 rings (SSSR count). The van der Waals surface area contributed by atoms with E-state index in [-0.39, 0.29) is 13.0 Å². The number of halogens is 4. The Bertz CT molecular complexity index is 1020. The van der Waals surface area contributed by atoms with Crippen molar-refractivity contribution in [3.63, 3.8) is 0 Å². The lowest BCUT2D eigenvalue weighted by atomic mass is 10.1. The Morgan fingerprint density at radius 1 is 1.03 bits per heavy atom. The molecule has 0 radical (unpaired) electrons. The molecule has 0 aliphatic rings. The van der Waals surface area contributed by atoms with E-state index in [1.807, 2.05) is 0 Å². The molecule has 3 aromatic rings. The van der Waals surface area contributed by atoms with Crippen molar-refractivity contribution in [2.24, 2.45) is 0 Å². The van der Waals surface area contributed by atoms with Gasteiger partial charge in [-0.1, -0.05) is 12.1 Å². The van der Waals surface area contributed by atoms with Crippen LogP contribution < -0.4 is 14.4 Å². The number of carboxylic acid groups (broad SMARTS) is 1. The van der Waals surface area contributed by atoms with Crippen LogP contribution in [0.5, 0.6) is 11.5 Å². The highest BCUT2D eigenvalue weighted by Gasteiger charge is 2.19. The van der Waals surface area contributed by atoms with Crippen molar-refractivity contribution in [3.8, 4) is 11.5 Å². The van der Waals surface area contributed by atoms with Gasteiger partial charge in [-0.15, -0.1) is 11.3 Å². The number of ether oxygens (including phenoxy) is 2. The van der Waals surface area contributed by atoms with E-state index in [1.54, 1.807) is 40.9 Å². The highest BCUT2D eigenvalue weighted by Crippen LogP contribution is 2.37. The molecule has 0 bridgehead atoms. The Morgan fingerprint density at radius 3 is 2.39 bits per heavy atom. The van der Waals surface area contributed by atoms with E-state index >= 15 is 0 Å². The molecule has 1 N–H and O–H groups in total. The number of carbonyl (C=O) groups is 1. The quantitative estimate of drug-likeness (QED) is 0.417. The third-order valence-corrected chi connectivity index (χ3v) is 4.81. The number of alkyl halides is 4. The van der Waals surface area contributed by atoms with Gasteiger partial charge >= 0.3 is 19.2 Å². The number of hydrogen-bond donors (Lipinski definition) is 1. The summed E-state index contributed by atoms with van der Waals surface area (Å²) in [4.78, 5) is 17.6. The van der Waals surface area contributed by atoms with Crippen LogP contribution in [0.3, 0.4) is 0 Å². The van der Waals surface area contributed by atoms with Crippen molar-refractivity contribution >= 4 is 28.7 Å². The summed E-state index contributed by atoms with van der Waals surface area (Å²) in [6.07, 6.45) is 1.42. The van der Waals surface area contributed by atoms with E-state index < -0.39 is 30.7 Å². The maximum Gasteiger partial charge on any atom is 0.387 e. The van der Waals surface area contributed by atoms with Crippen LogP contribution in [0, 0.1) is 0 Å². The average Bonchev–Trinajstić information content (AvgIpc) is 3.20. The minimum atomic E-state index is -3.25. The van der Waals surface area contributed by atoms with Gasteiger partial charge in [0.05, 0.1) is 18.5 Å². The van der Waals surface area contributed by atoms with Gasteiger partial charge < -0.3 is 19.5 Å². The molecule has 1 aromatic heterocycles. The first kappa shape index (κ1) is 22.3. The van der Waals surface area contributed by atoms with Crippen molar-refractivity contribution in [1.82, 2.24) is 4.98 Å². The fraction of sp³-hybridized carbons (Fsp3) is 0.200. The van der Waals surface area contributed by atoms with Crippen LogP contribution in [0.15, 0.2) is 54.2 Å². The molecular formula is C20H16F4N2O4S. The molecule has 31 heavy (non-hydrogen) atoms. The molecule has 2 aromatic carbocycles. The average molecular weight is 456 g/mol. The number of thiazole rings is 1. The van der Waals surface area contributed by atoms with E-state index in [4.69, 9.17) is 5.11 Å². The van der Waals surface area contributed by atoms with E-state index in [2.05, 4.69) is 14.5 Å². The summed E-state index contributed by atoms with van der Waals surface area (Å²) in [6, 6.07) is 10.4. The highest BCUT2D eigenvalue weighted by molar-refractivity contribution is 7.09. The van der Waals surface area contributed by atoms with Crippen LogP contribution in [-0.2, 0) is 17.8 Å². The van der Waals surface area contributed by atoms with Crippen LogP contribution in [0.1, 0.15) is 10.4 Å². The molecule has 6 nitrogen and oxygen atoms in total. The molecule has 1 heterocycles. The van der Waals surface area contributed by atoms with Gasteiger partial charge in [-0.2, -0.15) is 17.6 Å². The molecule has 0 unspecified atom stereocenters. The van der Waals surface area contributed by atoms with Gasteiger partial charge in [-0.3, -0.25) is 9.78 Å². The summed E-state index contributed by atoms with van der Waals surface area (Å²) in [5.74, 6) is -2.09. The van der Waals surface area contributed by atoms with Crippen LogP contribution in [0.4, 0.5) is 28.9 Å². The van der Waals surface area contributed by atoms with Crippen LogP contribution in [0.2, 0.25) is 0 Å². The lowest BCUT2D eigenvalue weighted by Crippen LogP contribution is -2.17. The molecule has 11 heteroatoms. The summed E-state index contributed by atoms with van der Waals surface area (Å²) >= 11 is 1.36. The molecular weight excluding hydrogens is 440 g/mol. The minimum absolute atomic E-state index is 0.205. The van der Waals surface area contributed by atoms with Crippen LogP contribution in [-0.4, -0.2) is 29.3 Å². The van der Waals surface area contributed by atoms with Crippen molar-refractivity contribution in [3.05, 3.63) is 64.6 Å². The first-order valence-electron chi connectivity index (χ1n) is 8.81. The zero-order valence-corrected chi connectivity index (χ0v) is 16.6. The van der Waals surface area contributed by atoms with Gasteiger partial charge in [0, 0.05) is 28.5 Å². The van der Waals surface area contributed by atoms with Gasteiger partial charge in [0.2, 0.25) is 0 Å². The standard InChI is InChI=1S/C20H16F4N2O4S/c21-19(22)29-16-5-4-14(8-17(16)30-20(23)24)26(10-15-9-25-11-31-15)13-3-1-2-12(6-13)7-18(27)28/h1-6,8-9,11,19-20H,7,10H2,(H,27,28). The maximum atomic E-state index is 12.8. The van der Waals surface area contributed by atoms with E-state index in [1.165, 1.54) is 17.4 Å². The van der Waals surface area contributed by atoms with Crippen molar-refractivity contribution in [1.29, 1.82) is 0 Å². The summed E-state index contributed by atoms with van der Waals surface area (Å²) < 4.78 is 59.6. The highest BCUT2D eigenvalue weighted by atomic mass is 32.1.